The Kier molecular flexibility index (Phi) is 29.2. The van der Waals surface area contributed by atoms with Gasteiger partial charge in [0.15, 0.2) is 5.79 Å². The minimum atomic E-state index is -2.76. The molecule has 7 aromatic carbocycles. The molecule has 0 N–H and O–H groups in total. The molecule has 11 aliphatic heterocycles. The smallest absolute Gasteiger partial charge is 0.200 e. The van der Waals surface area contributed by atoms with Gasteiger partial charge >= 0.3 is 0 Å². The SMILES string of the molecule is CCOCCOCC[C@H]1O[C@H]2C=C[C@H]3O[C@H]4[C@H](OCc5ccc6ccccc6c5)[C@H]5OCC=CC[C@@H]5O[C@@H]4C[C@@H]3O[C@@H]2C/C=C\[C@@H]1OC(C[C@@H](OCc1ccc2ccccc2c1)[C@]1(C)O[C@@H]2C[C@H](C)C[C@@H]3O[C@@H]4[C@@H](C)[C@H](OCc5ccc6ccccc6c5)[C@@H]5O[C@]6(CCCO6)[C@@H](C)[C@H](C)[C@H]5O[C@H]4C[C@H]3O[C@H]2C[C@H]1O[Si](C(C)C)(C(C)C)C(C)C)Sc1ccccc1. The summed E-state index contributed by atoms with van der Waals surface area (Å²) in [5.74, 6) is -0.460. The van der Waals surface area contributed by atoms with Crippen molar-refractivity contribution in [2.24, 2.45) is 23.7 Å². The quantitative estimate of drug-likeness (QED) is 0.0149. The Morgan fingerprint density at radius 1 is 0.484 bits per heavy atom. The van der Waals surface area contributed by atoms with Crippen LogP contribution in [-0.2, 0) is 105 Å². The predicted octanol–water partition coefficient (Wildman–Crippen LogP) is 20.9. The number of hydrogen-bond acceptors (Lipinski definition) is 19. The summed E-state index contributed by atoms with van der Waals surface area (Å²) in [5, 5.41) is 7.10. The molecule has 0 aromatic heterocycles. The lowest BCUT2D eigenvalue weighted by atomic mass is 9.76. The van der Waals surface area contributed by atoms with E-state index in [2.05, 4.69) is 270 Å². The maximum atomic E-state index is 8.46. The largest absolute Gasteiger partial charge is 0.410 e. The summed E-state index contributed by atoms with van der Waals surface area (Å²) < 4.78 is 133. The van der Waals surface area contributed by atoms with Gasteiger partial charge in [0.05, 0.1) is 138 Å². The second-order valence-corrected chi connectivity index (χ2v) is 45.9. The molecule has 0 aliphatic carbocycles. The van der Waals surface area contributed by atoms with Crippen molar-refractivity contribution in [3.8, 4) is 0 Å². The Labute approximate surface area is 753 Å². The van der Waals surface area contributed by atoms with Gasteiger partial charge in [-0.05, 0) is 160 Å². The van der Waals surface area contributed by atoms with Crippen molar-refractivity contribution in [1.29, 1.82) is 0 Å². The van der Waals surface area contributed by atoms with Crippen LogP contribution in [0, 0.1) is 23.7 Å². The predicted molar refractivity (Wildman–Crippen MR) is 494 cm³/mol. The number of ether oxygens (including phenoxy) is 17. The molecule has 0 radical (unpaired) electrons. The lowest BCUT2D eigenvalue weighted by molar-refractivity contribution is -0.342. The highest BCUT2D eigenvalue weighted by molar-refractivity contribution is 7.99. The maximum Gasteiger partial charge on any atom is 0.200 e. The molecule has 126 heavy (non-hydrogen) atoms. The standard InChI is InChI=1S/C106H138O18SSi/c1-13-107-51-52-108-50-46-86-83(37-25-36-82-84(114-86)44-45-85-89(115-82)58-94-102(119-85)103(101-87(116-94)35-23-24-48-109-101)112-64-74-40-43-77-29-19-22-32-80(77)57-74)118-97(125-81-33-15-14-16-34-81)61-95(110-62-72-38-41-75-27-17-20-30-78(75)55-72)105(12)96(124-126(65(2)3,66(4)5)67(6)7)60-91-92(122-105)54-68(8)53-88-90(117-91)59-93-98(120-88)70(10)99(111-63-73-39-42-76-28-18-21-31-79(76)56-73)104-100(121-93)69(9)71(11)106(123-104)47-26-49-113-106/h14-25,27-34,37-45,55-57,65-71,82-104H,13,26,35-36,46-54,58-64H2,1-12H3/b37-25-/t68-,69+,70-,71+,82-,83+,84+,85-,86-,87+,88+,89+,90-,91+,92-,93+,94-,95-,96-,97?,98-,99+,100-,101+,102-,103-,104+,105+,106-/m1/s1. The normalized spacial score (nSPS) is 36.5. The summed E-state index contributed by atoms with van der Waals surface area (Å²) in [6.45, 7) is 32.3. The molecular weight excluding hydrogens is 1620 g/mol. The van der Waals surface area contributed by atoms with Gasteiger partial charge in [0.25, 0.3) is 0 Å². The molecule has 11 aliphatic rings. The Bertz CT molecular complexity index is 4790. The molecule has 0 amide bonds. The van der Waals surface area contributed by atoms with Crippen LogP contribution in [0.5, 0.6) is 0 Å². The minimum absolute atomic E-state index is 0.0829. The third-order valence-corrected chi connectivity index (χ3v) is 37.4. The number of hydrogen-bond donors (Lipinski definition) is 0. The molecule has 8 saturated heterocycles. The molecule has 20 heteroatoms. The molecule has 18 rings (SSSR count). The third kappa shape index (κ3) is 19.6. The van der Waals surface area contributed by atoms with Gasteiger partial charge in [-0.1, -0.05) is 245 Å². The van der Waals surface area contributed by atoms with Crippen molar-refractivity contribution >= 4 is 52.4 Å². The molecule has 18 nitrogen and oxygen atoms in total. The zero-order chi connectivity index (χ0) is 86.8. The maximum absolute atomic E-state index is 8.46. The molecule has 8 fully saturated rings. The topological polar surface area (TPSA) is 166 Å². The summed E-state index contributed by atoms with van der Waals surface area (Å²) in [6.07, 6.45) is 12.2. The van der Waals surface area contributed by atoms with Gasteiger partial charge in [0, 0.05) is 62.0 Å². The van der Waals surface area contributed by atoms with E-state index in [4.69, 9.17) is 85.0 Å². The van der Waals surface area contributed by atoms with Crippen molar-refractivity contribution in [1.82, 2.24) is 0 Å². The van der Waals surface area contributed by atoms with E-state index in [1.807, 2.05) is 6.92 Å². The summed E-state index contributed by atoms with van der Waals surface area (Å²) in [6, 6.07) is 56.2. The van der Waals surface area contributed by atoms with Crippen molar-refractivity contribution in [3.05, 3.63) is 211 Å². The number of thioether (sulfide) groups is 1. The van der Waals surface area contributed by atoms with Gasteiger partial charge in [0.2, 0.25) is 8.32 Å². The minimum Gasteiger partial charge on any atom is -0.410 e. The van der Waals surface area contributed by atoms with Crippen LogP contribution in [0.4, 0.5) is 0 Å². The molecular formula is C106H138O18SSi. The molecule has 0 saturated carbocycles. The van der Waals surface area contributed by atoms with Crippen LogP contribution in [0.15, 0.2) is 199 Å². The van der Waals surface area contributed by atoms with E-state index < -0.39 is 80.1 Å². The number of fused-ring (bicyclic) bond motifs is 11. The molecule has 7 aromatic rings. The number of benzene rings is 7. The van der Waals surface area contributed by atoms with Crippen LogP contribution < -0.4 is 0 Å². The summed E-state index contributed by atoms with van der Waals surface area (Å²) >= 11 is 1.71. The Morgan fingerprint density at radius 3 is 1.73 bits per heavy atom. The molecule has 1 unspecified atom stereocenters. The first-order valence-electron chi connectivity index (χ1n) is 47.9. The monoisotopic (exact) mass is 1760 g/mol. The van der Waals surface area contributed by atoms with Crippen LogP contribution in [0.1, 0.15) is 170 Å². The van der Waals surface area contributed by atoms with Crippen LogP contribution in [0.2, 0.25) is 16.6 Å². The molecule has 11 heterocycles. The fraction of sp³-hybridized carbons (Fsp3) is 0.604. The van der Waals surface area contributed by atoms with E-state index in [0.717, 1.165) is 59.1 Å². The van der Waals surface area contributed by atoms with Crippen molar-refractivity contribution < 1.29 is 85.0 Å². The van der Waals surface area contributed by atoms with Crippen molar-refractivity contribution in [2.45, 2.75) is 346 Å². The molecule has 1 spiro atoms. The first-order chi connectivity index (χ1) is 61.3. The van der Waals surface area contributed by atoms with Gasteiger partial charge in [-0.3, -0.25) is 0 Å². The fourth-order valence-electron chi connectivity index (χ4n) is 23.5. The van der Waals surface area contributed by atoms with Gasteiger partial charge in [0.1, 0.15) is 53.8 Å². The van der Waals surface area contributed by atoms with Crippen LogP contribution in [0.25, 0.3) is 32.3 Å². The van der Waals surface area contributed by atoms with E-state index in [1.165, 1.54) is 26.9 Å². The average molecular weight is 1760 g/mol. The van der Waals surface area contributed by atoms with E-state index >= 15 is 0 Å². The Morgan fingerprint density at radius 2 is 1.06 bits per heavy atom. The summed E-state index contributed by atoms with van der Waals surface area (Å²) in [5.41, 5.74) is 2.44. The van der Waals surface area contributed by atoms with Crippen LogP contribution in [-0.4, -0.2) is 199 Å². The Balaban J connectivity index is 0.658. The third-order valence-electron chi connectivity index (χ3n) is 30.2. The van der Waals surface area contributed by atoms with E-state index in [9.17, 15) is 0 Å². The second kappa shape index (κ2) is 40.4. The van der Waals surface area contributed by atoms with E-state index in [-0.39, 0.29) is 120 Å². The molecule has 0 bridgehead atoms. The first-order valence-corrected chi connectivity index (χ1v) is 51.0. The first kappa shape index (κ1) is 90.9. The lowest BCUT2D eigenvalue weighted by Gasteiger charge is -2.57. The highest BCUT2D eigenvalue weighted by Gasteiger charge is 2.64. The zero-order valence-electron chi connectivity index (χ0n) is 76.2. The second-order valence-electron chi connectivity index (χ2n) is 39.3. The Hall–Kier alpha value is -5.61. The fourth-order valence-corrected chi connectivity index (χ4v) is 30.2. The van der Waals surface area contributed by atoms with Gasteiger partial charge < -0.3 is 85.0 Å². The van der Waals surface area contributed by atoms with E-state index in [0.29, 0.717) is 98.0 Å². The van der Waals surface area contributed by atoms with E-state index in [1.54, 1.807) is 11.8 Å². The molecule has 29 atom stereocenters. The van der Waals surface area contributed by atoms with Crippen LogP contribution >= 0.6 is 11.8 Å². The number of rotatable bonds is 28. The lowest BCUT2D eigenvalue weighted by Crippen LogP contribution is -2.67. The van der Waals surface area contributed by atoms with Gasteiger partial charge in [-0.2, -0.15) is 0 Å². The van der Waals surface area contributed by atoms with Crippen molar-refractivity contribution in [2.75, 3.05) is 39.6 Å². The average Bonchev–Trinajstić information content (AvgIpc) is 1.41. The summed E-state index contributed by atoms with van der Waals surface area (Å²) in [4.78, 5) is 1.06. The summed E-state index contributed by atoms with van der Waals surface area (Å²) in [7, 11) is -2.76. The highest BCUT2D eigenvalue weighted by Crippen LogP contribution is 2.55. The highest BCUT2D eigenvalue weighted by atomic mass is 32.2. The molecule has 680 valence electrons. The zero-order valence-corrected chi connectivity index (χ0v) is 78.0. The van der Waals surface area contributed by atoms with Crippen LogP contribution in [0.3, 0.4) is 0 Å². The van der Waals surface area contributed by atoms with Gasteiger partial charge in [-0.25, -0.2) is 0 Å². The van der Waals surface area contributed by atoms with Crippen molar-refractivity contribution in [3.63, 3.8) is 0 Å². The van der Waals surface area contributed by atoms with Gasteiger partial charge in [-0.15, -0.1) is 0 Å².